The molecule has 0 N–H and O–H groups in total. The second-order valence-electron chi connectivity index (χ2n) is 20.2. The van der Waals surface area contributed by atoms with E-state index in [4.69, 9.17) is 23.8 Å². The van der Waals surface area contributed by atoms with Crippen LogP contribution in [0.4, 0.5) is 0 Å². The van der Waals surface area contributed by atoms with E-state index < -0.39 is 0 Å². The number of nitrogens with zero attached hydrogens (tertiary/aromatic N) is 3. The summed E-state index contributed by atoms with van der Waals surface area (Å²) in [4.78, 5) is 16.1. The molecule has 0 atom stereocenters. The Hall–Kier alpha value is -7.89. The SMILES string of the molecule is c1ccc2cc(-c3ccc(-c4nc(-c5cc(-c6ccc(C78CC9CC(CC(C9)C7)C8)cc6)cc6c5oc5ccccc56)nc(-c5cccc6c5oc5c7ccccc7ccc65)n4)cc3)ccc2c1. The molecular formula is C63H45N3O2. The maximum atomic E-state index is 6.89. The maximum absolute atomic E-state index is 6.89. The highest BCUT2D eigenvalue weighted by Crippen LogP contribution is 2.61. The van der Waals surface area contributed by atoms with E-state index in [9.17, 15) is 0 Å². The van der Waals surface area contributed by atoms with E-state index in [1.54, 1.807) is 0 Å². The van der Waals surface area contributed by atoms with Crippen molar-refractivity contribution in [3.8, 4) is 56.4 Å². The lowest BCUT2D eigenvalue weighted by Crippen LogP contribution is -2.48. The van der Waals surface area contributed by atoms with Gasteiger partial charge in [-0.3, -0.25) is 0 Å². The summed E-state index contributed by atoms with van der Waals surface area (Å²) in [6.07, 6.45) is 8.39. The molecule has 9 aromatic carbocycles. The van der Waals surface area contributed by atoms with E-state index in [1.807, 2.05) is 12.1 Å². The standard InChI is InChI=1S/C63H45N3O2/c1-2-10-45-31-46(21-18-40(45)8-1)41-16-19-44(20-17-41)60-64-61(53-14-7-13-51-52-27-24-43-9-3-4-11-49(43)57(52)68-58(51)53)66-62(65-60)55-33-47(32-54-50-12-5-6-15-56(50)67-59(54)55)42-22-25-48(26-23-42)63-34-37-28-38(35-63)30-39(29-37)36-63/h1-27,31-33,37-39H,28-30,34-36H2. The monoisotopic (exact) mass is 875 g/mol. The van der Waals surface area contributed by atoms with Crippen molar-refractivity contribution in [1.29, 1.82) is 0 Å². The van der Waals surface area contributed by atoms with E-state index in [-0.39, 0.29) is 0 Å². The predicted octanol–water partition coefficient (Wildman–Crippen LogP) is 16.8. The maximum Gasteiger partial charge on any atom is 0.167 e. The van der Waals surface area contributed by atoms with Crippen LogP contribution in [0.2, 0.25) is 0 Å². The lowest BCUT2D eigenvalue weighted by molar-refractivity contribution is -0.00518. The number of aromatic nitrogens is 3. The quantitative estimate of drug-likeness (QED) is 0.166. The van der Waals surface area contributed by atoms with Gasteiger partial charge in [-0.25, -0.2) is 15.0 Å². The van der Waals surface area contributed by atoms with Crippen LogP contribution in [0.1, 0.15) is 44.1 Å². The molecule has 0 aliphatic heterocycles. The van der Waals surface area contributed by atoms with Crippen LogP contribution in [0.15, 0.2) is 191 Å². The molecule has 4 bridgehead atoms. The molecule has 4 saturated carbocycles. The molecule has 0 spiro atoms. The van der Waals surface area contributed by atoms with Crippen molar-refractivity contribution >= 4 is 65.4 Å². The van der Waals surface area contributed by atoms with E-state index in [1.165, 1.54) is 60.4 Å². The van der Waals surface area contributed by atoms with Gasteiger partial charge in [0, 0.05) is 32.5 Å². The molecule has 12 aromatic rings. The number of rotatable bonds is 6. The molecule has 4 fully saturated rings. The summed E-state index contributed by atoms with van der Waals surface area (Å²) in [6, 6.07) is 65.1. The van der Waals surface area contributed by atoms with Gasteiger partial charge in [0.1, 0.15) is 22.3 Å². The van der Waals surface area contributed by atoms with E-state index >= 15 is 0 Å². The molecule has 3 heterocycles. The summed E-state index contributed by atoms with van der Waals surface area (Å²) in [6.45, 7) is 0. The van der Waals surface area contributed by atoms with E-state index in [0.717, 1.165) is 106 Å². The highest BCUT2D eigenvalue weighted by Gasteiger charge is 2.51. The number of fused-ring (bicyclic) bond motifs is 9. The first-order chi connectivity index (χ1) is 33.6. The normalized spacial score (nSPS) is 19.9. The molecule has 3 aromatic heterocycles. The van der Waals surface area contributed by atoms with Gasteiger partial charge in [-0.2, -0.15) is 0 Å². The molecule has 0 radical (unpaired) electrons. The minimum absolute atomic E-state index is 0.338. The second kappa shape index (κ2) is 14.6. The fraction of sp³-hybridized carbons (Fsp3) is 0.159. The summed E-state index contributed by atoms with van der Waals surface area (Å²) in [5, 5.41) is 8.83. The molecule has 5 nitrogen and oxygen atoms in total. The third-order valence-electron chi connectivity index (χ3n) is 16.1. The first kappa shape index (κ1) is 38.2. The minimum Gasteiger partial charge on any atom is -0.455 e. The Morgan fingerprint density at radius 1 is 0.353 bits per heavy atom. The highest BCUT2D eigenvalue weighted by atomic mass is 16.3. The first-order valence-electron chi connectivity index (χ1n) is 24.3. The van der Waals surface area contributed by atoms with Gasteiger partial charge >= 0.3 is 0 Å². The van der Waals surface area contributed by atoms with Crippen molar-refractivity contribution in [3.63, 3.8) is 0 Å². The Bertz CT molecular complexity index is 3970. The van der Waals surface area contributed by atoms with Gasteiger partial charge in [-0.15, -0.1) is 0 Å². The van der Waals surface area contributed by atoms with Crippen molar-refractivity contribution in [2.45, 2.75) is 43.9 Å². The molecule has 324 valence electrons. The third kappa shape index (κ3) is 5.97. The summed E-state index contributed by atoms with van der Waals surface area (Å²) in [5.41, 5.74) is 12.1. The summed E-state index contributed by atoms with van der Waals surface area (Å²) in [7, 11) is 0. The van der Waals surface area contributed by atoms with Crippen LogP contribution in [0.5, 0.6) is 0 Å². The molecule has 4 aliphatic carbocycles. The largest absolute Gasteiger partial charge is 0.455 e. The van der Waals surface area contributed by atoms with Gasteiger partial charge in [-0.1, -0.05) is 146 Å². The summed E-state index contributed by atoms with van der Waals surface area (Å²) in [5.74, 6) is 4.35. The van der Waals surface area contributed by atoms with Crippen LogP contribution in [0, 0.1) is 17.8 Å². The molecule has 0 unspecified atom stereocenters. The smallest absolute Gasteiger partial charge is 0.167 e. The lowest BCUT2D eigenvalue weighted by atomic mass is 9.48. The van der Waals surface area contributed by atoms with Crippen molar-refractivity contribution in [2.75, 3.05) is 0 Å². The van der Waals surface area contributed by atoms with Gasteiger partial charge < -0.3 is 8.83 Å². The van der Waals surface area contributed by atoms with Crippen LogP contribution >= 0.6 is 0 Å². The molecular weight excluding hydrogens is 831 g/mol. The Balaban J connectivity index is 0.917. The Morgan fingerprint density at radius 2 is 0.926 bits per heavy atom. The average molecular weight is 876 g/mol. The molecule has 4 aliphatic rings. The predicted molar refractivity (Wildman–Crippen MR) is 276 cm³/mol. The Kier molecular flexibility index (Phi) is 8.18. The zero-order valence-corrected chi connectivity index (χ0v) is 37.5. The van der Waals surface area contributed by atoms with Gasteiger partial charge in [0.2, 0.25) is 0 Å². The zero-order valence-electron chi connectivity index (χ0n) is 37.5. The highest BCUT2D eigenvalue weighted by molar-refractivity contribution is 6.17. The fourth-order valence-corrected chi connectivity index (χ4v) is 13.3. The van der Waals surface area contributed by atoms with Crippen LogP contribution in [-0.4, -0.2) is 15.0 Å². The van der Waals surface area contributed by atoms with Gasteiger partial charge in [-0.05, 0) is 142 Å². The molecule has 68 heavy (non-hydrogen) atoms. The van der Waals surface area contributed by atoms with E-state index in [0.29, 0.717) is 22.9 Å². The number of benzene rings is 9. The summed E-state index contributed by atoms with van der Waals surface area (Å²) < 4.78 is 13.7. The molecule has 0 amide bonds. The first-order valence-corrected chi connectivity index (χ1v) is 24.3. The molecule has 5 heteroatoms. The number of hydrogen-bond acceptors (Lipinski definition) is 5. The van der Waals surface area contributed by atoms with Gasteiger partial charge in [0.15, 0.2) is 17.5 Å². The van der Waals surface area contributed by atoms with Gasteiger partial charge in [0.25, 0.3) is 0 Å². The lowest BCUT2D eigenvalue weighted by Gasteiger charge is -2.57. The van der Waals surface area contributed by atoms with Crippen molar-refractivity contribution in [3.05, 3.63) is 188 Å². The second-order valence-corrected chi connectivity index (χ2v) is 20.2. The number of furan rings is 2. The zero-order chi connectivity index (χ0) is 44.5. The van der Waals surface area contributed by atoms with Crippen LogP contribution < -0.4 is 0 Å². The number of hydrogen-bond donors (Lipinski definition) is 0. The van der Waals surface area contributed by atoms with E-state index in [2.05, 4.69) is 170 Å². The van der Waals surface area contributed by atoms with Crippen molar-refractivity contribution in [2.24, 2.45) is 17.8 Å². The van der Waals surface area contributed by atoms with Crippen LogP contribution in [0.3, 0.4) is 0 Å². The van der Waals surface area contributed by atoms with Gasteiger partial charge in [0.05, 0.1) is 11.1 Å². The summed E-state index contributed by atoms with van der Waals surface area (Å²) >= 11 is 0. The van der Waals surface area contributed by atoms with Crippen LogP contribution in [0.25, 0.3) is 122 Å². The third-order valence-corrected chi connectivity index (χ3v) is 16.1. The molecule has 0 saturated heterocycles. The topological polar surface area (TPSA) is 65.0 Å². The average Bonchev–Trinajstić information content (AvgIpc) is 3.97. The van der Waals surface area contributed by atoms with Crippen molar-refractivity contribution < 1.29 is 8.83 Å². The number of para-hydroxylation sites is 2. The fourth-order valence-electron chi connectivity index (χ4n) is 13.3. The van der Waals surface area contributed by atoms with Crippen LogP contribution in [-0.2, 0) is 5.41 Å². The minimum atomic E-state index is 0.338. The molecule has 16 rings (SSSR count). The van der Waals surface area contributed by atoms with Crippen molar-refractivity contribution in [1.82, 2.24) is 15.0 Å². The Morgan fingerprint density at radius 3 is 1.72 bits per heavy atom. The Labute approximate surface area is 393 Å².